The summed E-state index contributed by atoms with van der Waals surface area (Å²) in [6.45, 7) is 6.54. The Labute approximate surface area is 192 Å². The summed E-state index contributed by atoms with van der Waals surface area (Å²) in [7, 11) is 1.57. The number of carbonyl (C=O) groups is 1. The zero-order chi connectivity index (χ0) is 24.0. The number of ether oxygens (including phenoxy) is 2. The lowest BCUT2D eigenvalue weighted by Gasteiger charge is -2.12. The van der Waals surface area contributed by atoms with E-state index >= 15 is 0 Å². The molecule has 1 amide bonds. The van der Waals surface area contributed by atoms with Crippen molar-refractivity contribution < 1.29 is 14.3 Å². The van der Waals surface area contributed by atoms with Crippen molar-refractivity contribution in [1.29, 1.82) is 5.26 Å². The maximum atomic E-state index is 13.3. The lowest BCUT2D eigenvalue weighted by molar-refractivity contribution is -0.117. The molecule has 0 aliphatic carbocycles. The minimum atomic E-state index is -0.584. The molecule has 0 aliphatic heterocycles. The molecule has 33 heavy (non-hydrogen) atoms. The predicted octanol–water partition coefficient (Wildman–Crippen LogP) is 3.47. The smallest absolute Gasteiger partial charge is 0.269 e. The van der Waals surface area contributed by atoms with Crippen LogP contribution < -0.4 is 15.6 Å². The number of aryl methyl sites for hydroxylation is 3. The van der Waals surface area contributed by atoms with Gasteiger partial charge in [-0.2, -0.15) is 10.2 Å². The molecule has 1 N–H and O–H groups in total. The lowest BCUT2D eigenvalue weighted by Crippen LogP contribution is -2.27. The van der Waals surface area contributed by atoms with E-state index in [-0.39, 0.29) is 17.0 Å². The van der Waals surface area contributed by atoms with Crippen molar-refractivity contribution in [2.45, 2.75) is 27.2 Å². The van der Waals surface area contributed by atoms with Gasteiger partial charge in [0.25, 0.3) is 11.5 Å². The summed E-state index contributed by atoms with van der Waals surface area (Å²) < 4.78 is 12.4. The van der Waals surface area contributed by atoms with Crippen molar-refractivity contribution in [2.75, 3.05) is 20.3 Å². The largest absolute Gasteiger partial charge is 0.438 e. The maximum Gasteiger partial charge on any atom is 0.269 e. The molecule has 0 spiro atoms. The van der Waals surface area contributed by atoms with Gasteiger partial charge in [-0.3, -0.25) is 14.0 Å². The van der Waals surface area contributed by atoms with Crippen molar-refractivity contribution in [3.8, 4) is 17.7 Å². The molecule has 0 radical (unpaired) electrons. The normalized spacial score (nSPS) is 11.3. The highest BCUT2D eigenvalue weighted by molar-refractivity contribution is 6.01. The van der Waals surface area contributed by atoms with Crippen LogP contribution in [0.2, 0.25) is 0 Å². The average Bonchev–Trinajstić information content (AvgIpc) is 2.76. The van der Waals surface area contributed by atoms with Crippen molar-refractivity contribution >= 4 is 17.6 Å². The van der Waals surface area contributed by atoms with E-state index in [9.17, 15) is 14.9 Å². The Balaban J connectivity index is 2.12. The summed E-state index contributed by atoms with van der Waals surface area (Å²) in [5.74, 6) is -0.0477. The molecule has 8 heteroatoms. The van der Waals surface area contributed by atoms with Crippen LogP contribution in [0.1, 0.15) is 28.7 Å². The van der Waals surface area contributed by atoms with Gasteiger partial charge in [0, 0.05) is 26.5 Å². The Kier molecular flexibility index (Phi) is 7.59. The molecule has 3 aromatic rings. The van der Waals surface area contributed by atoms with E-state index in [0.29, 0.717) is 31.0 Å². The summed E-state index contributed by atoms with van der Waals surface area (Å²) >= 11 is 0. The van der Waals surface area contributed by atoms with Gasteiger partial charge in [-0.25, -0.2) is 0 Å². The quantitative estimate of drug-likeness (QED) is 0.323. The van der Waals surface area contributed by atoms with Gasteiger partial charge in [-0.05, 0) is 68.2 Å². The topological polar surface area (TPSA) is 106 Å². The third-order valence-corrected chi connectivity index (χ3v) is 4.92. The maximum absolute atomic E-state index is 13.3. The van der Waals surface area contributed by atoms with E-state index in [4.69, 9.17) is 9.47 Å². The van der Waals surface area contributed by atoms with E-state index in [1.54, 1.807) is 19.4 Å². The first-order chi connectivity index (χ1) is 15.8. The number of nitrogens with zero attached hydrogens (tertiary/aromatic N) is 3. The third-order valence-electron chi connectivity index (χ3n) is 4.92. The number of fused-ring (bicyclic) bond motifs is 1. The highest BCUT2D eigenvalue weighted by Gasteiger charge is 2.18. The van der Waals surface area contributed by atoms with Crippen molar-refractivity contribution in [3.63, 3.8) is 0 Å². The van der Waals surface area contributed by atoms with Crippen LogP contribution in [0.5, 0.6) is 11.6 Å². The number of rotatable bonds is 8. The molecule has 0 fully saturated rings. The monoisotopic (exact) mass is 446 g/mol. The molecule has 0 atom stereocenters. The number of aromatic nitrogens is 2. The first-order valence-corrected chi connectivity index (χ1v) is 10.5. The summed E-state index contributed by atoms with van der Waals surface area (Å²) in [4.78, 5) is 30.4. The van der Waals surface area contributed by atoms with E-state index < -0.39 is 11.5 Å². The second kappa shape index (κ2) is 10.6. The molecule has 0 bridgehead atoms. The number of pyridine rings is 1. The second-order valence-corrected chi connectivity index (χ2v) is 7.72. The van der Waals surface area contributed by atoms with E-state index in [1.165, 1.54) is 10.5 Å². The summed E-state index contributed by atoms with van der Waals surface area (Å²) in [6.07, 6.45) is 3.42. The second-order valence-electron chi connectivity index (χ2n) is 7.72. The number of hydrogen-bond acceptors (Lipinski definition) is 6. The highest BCUT2D eigenvalue weighted by atomic mass is 16.5. The number of methoxy groups -OCH3 is 1. The first kappa shape index (κ1) is 23.7. The number of carbonyl (C=O) groups excluding carboxylic acids is 1. The SMILES string of the molecule is COCCCNC(=O)/C(C#N)=C/c1c(Oc2cc(C)cc(C)c2)nc2c(C)cccn2c1=O. The van der Waals surface area contributed by atoms with Gasteiger partial charge in [0.05, 0.1) is 0 Å². The number of amides is 1. The van der Waals surface area contributed by atoms with Crippen LogP contribution in [-0.2, 0) is 9.53 Å². The molecule has 1 aromatic carbocycles. The zero-order valence-electron chi connectivity index (χ0n) is 19.1. The minimum absolute atomic E-state index is 0.0147. The van der Waals surface area contributed by atoms with Crippen LogP contribution >= 0.6 is 0 Å². The van der Waals surface area contributed by atoms with Gasteiger partial charge < -0.3 is 14.8 Å². The van der Waals surface area contributed by atoms with Crippen LogP contribution in [0.15, 0.2) is 46.9 Å². The van der Waals surface area contributed by atoms with E-state index in [1.807, 2.05) is 51.1 Å². The van der Waals surface area contributed by atoms with Gasteiger partial charge in [-0.1, -0.05) is 12.1 Å². The molecule has 2 heterocycles. The fourth-order valence-electron chi connectivity index (χ4n) is 3.40. The zero-order valence-corrected chi connectivity index (χ0v) is 19.1. The van der Waals surface area contributed by atoms with Crippen molar-refractivity contribution in [1.82, 2.24) is 14.7 Å². The van der Waals surface area contributed by atoms with Gasteiger partial charge in [0.1, 0.15) is 28.6 Å². The first-order valence-electron chi connectivity index (χ1n) is 10.5. The molecule has 0 saturated heterocycles. The van der Waals surface area contributed by atoms with Crippen LogP contribution in [0.3, 0.4) is 0 Å². The standard InChI is InChI=1S/C25H26N4O4/c1-16-11-17(2)13-20(12-16)33-24-21(14-19(15-26)23(30)27-8-6-10-32-4)25(31)29-9-5-7-18(3)22(29)28-24/h5,7,9,11-14H,6,8,10H2,1-4H3,(H,27,30)/b19-14+. The molecule has 0 unspecified atom stereocenters. The van der Waals surface area contributed by atoms with E-state index in [2.05, 4.69) is 10.3 Å². The Morgan fingerprint density at radius 2 is 1.97 bits per heavy atom. The van der Waals surface area contributed by atoms with Crippen LogP contribution in [0.4, 0.5) is 0 Å². The van der Waals surface area contributed by atoms with Crippen molar-refractivity contribution in [3.05, 3.63) is 74.7 Å². The van der Waals surface area contributed by atoms with Gasteiger partial charge in [0.15, 0.2) is 0 Å². The molecule has 3 rings (SSSR count). The van der Waals surface area contributed by atoms with Gasteiger partial charge >= 0.3 is 0 Å². The molecule has 8 nitrogen and oxygen atoms in total. The van der Waals surface area contributed by atoms with Crippen LogP contribution in [0, 0.1) is 32.1 Å². The molecule has 0 aliphatic rings. The predicted molar refractivity (Wildman–Crippen MR) is 125 cm³/mol. The fourth-order valence-corrected chi connectivity index (χ4v) is 3.40. The molecule has 170 valence electrons. The Morgan fingerprint density at radius 1 is 1.24 bits per heavy atom. The third kappa shape index (κ3) is 5.64. The molecular weight excluding hydrogens is 420 g/mol. The van der Waals surface area contributed by atoms with Crippen LogP contribution in [-0.4, -0.2) is 35.6 Å². The fraction of sp³-hybridized carbons (Fsp3) is 0.280. The number of nitrogens with one attached hydrogen (secondary N) is 1. The number of benzene rings is 1. The van der Waals surface area contributed by atoms with E-state index in [0.717, 1.165) is 16.7 Å². The summed E-state index contributed by atoms with van der Waals surface area (Å²) in [5, 5.41) is 12.2. The average molecular weight is 447 g/mol. The van der Waals surface area contributed by atoms with Crippen LogP contribution in [0.25, 0.3) is 11.7 Å². The Hall–Kier alpha value is -3.96. The van der Waals surface area contributed by atoms with Gasteiger partial charge in [-0.15, -0.1) is 0 Å². The Bertz CT molecular complexity index is 1300. The minimum Gasteiger partial charge on any atom is -0.438 e. The van der Waals surface area contributed by atoms with Crippen molar-refractivity contribution in [2.24, 2.45) is 0 Å². The number of hydrogen-bond donors (Lipinski definition) is 1. The highest BCUT2D eigenvalue weighted by Crippen LogP contribution is 2.26. The Morgan fingerprint density at radius 3 is 2.64 bits per heavy atom. The molecule has 0 saturated carbocycles. The summed E-state index contributed by atoms with van der Waals surface area (Å²) in [6, 6.07) is 11.1. The number of nitriles is 1. The molecule has 2 aromatic heterocycles. The lowest BCUT2D eigenvalue weighted by atomic mass is 10.1. The summed E-state index contributed by atoms with van der Waals surface area (Å²) in [5.41, 5.74) is 2.55. The molecular formula is C25H26N4O4. The van der Waals surface area contributed by atoms with Gasteiger partial charge in [0.2, 0.25) is 5.88 Å².